The van der Waals surface area contributed by atoms with Crippen LogP contribution in [0, 0.1) is 0 Å². The van der Waals surface area contributed by atoms with Gasteiger partial charge in [0.15, 0.2) is 5.16 Å². The van der Waals surface area contributed by atoms with Crippen LogP contribution in [0.3, 0.4) is 0 Å². The maximum Gasteiger partial charge on any atom is 0.262 e. The average molecular weight is 388 g/mol. The smallest absolute Gasteiger partial charge is 0.262 e. The van der Waals surface area contributed by atoms with E-state index in [0.29, 0.717) is 11.8 Å². The Hall–Kier alpha value is -1.82. The zero-order valence-corrected chi connectivity index (χ0v) is 17.1. The van der Waals surface area contributed by atoms with E-state index in [1.807, 2.05) is 28.8 Å². The molecular formula is C21H29N3O2S. The quantitative estimate of drug-likeness (QED) is 0.405. The lowest BCUT2D eigenvalue weighted by Gasteiger charge is -2.26. The summed E-state index contributed by atoms with van der Waals surface area (Å²) < 4.78 is 1.96. The van der Waals surface area contributed by atoms with Crippen molar-refractivity contribution >= 4 is 28.6 Å². The van der Waals surface area contributed by atoms with E-state index in [-0.39, 0.29) is 17.5 Å². The second-order valence-corrected chi connectivity index (χ2v) is 8.53. The lowest BCUT2D eigenvalue weighted by Crippen LogP contribution is -2.29. The molecule has 1 aromatic carbocycles. The Balaban J connectivity index is 1.76. The van der Waals surface area contributed by atoms with Crippen molar-refractivity contribution in [3.8, 4) is 0 Å². The SMILES string of the molecule is CN(C)C(=O)CCCCSc1nc2ccccc2c(=O)n1C1CCCCC1. The van der Waals surface area contributed by atoms with Crippen LogP contribution in [-0.2, 0) is 4.79 Å². The minimum absolute atomic E-state index is 0.0952. The summed E-state index contributed by atoms with van der Waals surface area (Å²) in [6.45, 7) is 0. The molecule has 146 valence electrons. The predicted molar refractivity (Wildman–Crippen MR) is 111 cm³/mol. The molecule has 1 amide bonds. The number of carbonyl (C=O) groups is 1. The first-order valence-corrected chi connectivity index (χ1v) is 10.9. The fraction of sp³-hybridized carbons (Fsp3) is 0.571. The molecule has 5 nitrogen and oxygen atoms in total. The lowest BCUT2D eigenvalue weighted by molar-refractivity contribution is -0.128. The van der Waals surface area contributed by atoms with Gasteiger partial charge in [0, 0.05) is 32.3 Å². The van der Waals surface area contributed by atoms with Gasteiger partial charge in [0.25, 0.3) is 5.56 Å². The highest BCUT2D eigenvalue weighted by Gasteiger charge is 2.21. The molecule has 0 unspecified atom stereocenters. The first kappa shape index (κ1) is 19.9. The fourth-order valence-electron chi connectivity index (χ4n) is 3.65. The van der Waals surface area contributed by atoms with Crippen molar-refractivity contribution in [1.82, 2.24) is 14.5 Å². The molecule has 0 saturated heterocycles. The minimum Gasteiger partial charge on any atom is -0.349 e. The minimum atomic E-state index is 0.0952. The summed E-state index contributed by atoms with van der Waals surface area (Å²) in [4.78, 5) is 31.3. The summed E-state index contributed by atoms with van der Waals surface area (Å²) in [5.74, 6) is 1.04. The van der Waals surface area contributed by atoms with E-state index in [9.17, 15) is 9.59 Å². The van der Waals surface area contributed by atoms with Gasteiger partial charge >= 0.3 is 0 Å². The van der Waals surface area contributed by atoms with Crippen molar-refractivity contribution in [3.63, 3.8) is 0 Å². The van der Waals surface area contributed by atoms with Crippen LogP contribution in [-0.4, -0.2) is 40.2 Å². The fourth-order valence-corrected chi connectivity index (χ4v) is 4.72. The Morgan fingerprint density at radius 1 is 1.19 bits per heavy atom. The van der Waals surface area contributed by atoms with Gasteiger partial charge in [0.05, 0.1) is 10.9 Å². The highest BCUT2D eigenvalue weighted by atomic mass is 32.2. The number of carbonyl (C=O) groups excluding carboxylic acids is 1. The number of rotatable bonds is 7. The predicted octanol–water partition coefficient (Wildman–Crippen LogP) is 4.25. The standard InChI is InChI=1S/C21H29N3O2S/c1-23(2)19(25)14-8-9-15-27-21-22-18-13-7-6-12-17(18)20(26)24(21)16-10-4-3-5-11-16/h6-7,12-13,16H,3-5,8-11,14-15H2,1-2H3. The van der Waals surface area contributed by atoms with Gasteiger partial charge in [0.2, 0.25) is 5.91 Å². The molecule has 0 spiro atoms. The number of hydrogen-bond acceptors (Lipinski definition) is 4. The van der Waals surface area contributed by atoms with Gasteiger partial charge in [0.1, 0.15) is 0 Å². The Labute approximate surface area is 165 Å². The van der Waals surface area contributed by atoms with E-state index >= 15 is 0 Å². The number of benzene rings is 1. The molecular weight excluding hydrogens is 358 g/mol. The molecule has 6 heteroatoms. The second kappa shape index (κ2) is 9.40. The van der Waals surface area contributed by atoms with Crippen molar-refractivity contribution in [2.45, 2.75) is 62.6 Å². The highest BCUT2D eigenvalue weighted by Crippen LogP contribution is 2.31. The van der Waals surface area contributed by atoms with E-state index in [2.05, 4.69) is 0 Å². The van der Waals surface area contributed by atoms with Crippen LogP contribution in [0.4, 0.5) is 0 Å². The normalized spacial score (nSPS) is 15.2. The molecule has 3 rings (SSSR count). The monoisotopic (exact) mass is 387 g/mol. The maximum atomic E-state index is 13.2. The second-order valence-electron chi connectivity index (χ2n) is 7.47. The van der Waals surface area contributed by atoms with E-state index in [1.165, 1.54) is 19.3 Å². The number of unbranched alkanes of at least 4 members (excludes halogenated alkanes) is 1. The third-order valence-corrected chi connectivity index (χ3v) is 6.27. The van der Waals surface area contributed by atoms with Gasteiger partial charge in [-0.3, -0.25) is 14.2 Å². The van der Waals surface area contributed by atoms with Crippen molar-refractivity contribution in [1.29, 1.82) is 0 Å². The Kier molecular flexibility index (Phi) is 6.94. The molecule has 0 N–H and O–H groups in total. The van der Waals surface area contributed by atoms with Crippen molar-refractivity contribution in [3.05, 3.63) is 34.6 Å². The number of para-hydroxylation sites is 1. The van der Waals surface area contributed by atoms with E-state index in [0.717, 1.165) is 42.1 Å². The number of fused-ring (bicyclic) bond motifs is 1. The molecule has 1 fully saturated rings. The van der Waals surface area contributed by atoms with Crippen molar-refractivity contribution in [2.75, 3.05) is 19.8 Å². The van der Waals surface area contributed by atoms with E-state index in [4.69, 9.17) is 4.98 Å². The largest absolute Gasteiger partial charge is 0.349 e. The van der Waals surface area contributed by atoms with Gasteiger partial charge in [-0.2, -0.15) is 0 Å². The third kappa shape index (κ3) is 4.92. The van der Waals surface area contributed by atoms with Crippen molar-refractivity contribution < 1.29 is 4.79 Å². The number of hydrogen-bond donors (Lipinski definition) is 0. The van der Waals surface area contributed by atoms with Crippen molar-refractivity contribution in [2.24, 2.45) is 0 Å². The lowest BCUT2D eigenvalue weighted by atomic mass is 9.95. The highest BCUT2D eigenvalue weighted by molar-refractivity contribution is 7.99. The number of thioether (sulfide) groups is 1. The van der Waals surface area contributed by atoms with Gasteiger partial charge < -0.3 is 4.90 Å². The Morgan fingerprint density at radius 2 is 1.93 bits per heavy atom. The molecule has 0 atom stereocenters. The number of amides is 1. The van der Waals surface area contributed by atoms with Gasteiger partial charge in [-0.25, -0.2) is 4.98 Å². The molecule has 1 saturated carbocycles. The summed E-state index contributed by atoms with van der Waals surface area (Å²) in [6.07, 6.45) is 8.13. The third-order valence-electron chi connectivity index (χ3n) is 5.23. The molecule has 1 heterocycles. The van der Waals surface area contributed by atoms with Crippen LogP contribution in [0.25, 0.3) is 10.9 Å². The summed E-state index contributed by atoms with van der Waals surface area (Å²) in [5, 5.41) is 1.55. The Morgan fingerprint density at radius 3 is 2.67 bits per heavy atom. The van der Waals surface area contributed by atoms with Crippen LogP contribution in [0.2, 0.25) is 0 Å². The zero-order chi connectivity index (χ0) is 19.2. The molecule has 1 aromatic heterocycles. The molecule has 27 heavy (non-hydrogen) atoms. The molecule has 0 radical (unpaired) electrons. The zero-order valence-electron chi connectivity index (χ0n) is 16.3. The number of aromatic nitrogens is 2. The maximum absolute atomic E-state index is 13.2. The van der Waals surface area contributed by atoms with Gasteiger partial charge in [-0.05, 0) is 37.8 Å². The van der Waals surface area contributed by atoms with Crippen LogP contribution in [0.1, 0.15) is 57.4 Å². The van der Waals surface area contributed by atoms with E-state index in [1.54, 1.807) is 30.8 Å². The van der Waals surface area contributed by atoms with Crippen LogP contribution >= 0.6 is 11.8 Å². The summed E-state index contributed by atoms with van der Waals surface area (Å²) in [6, 6.07) is 7.90. The average Bonchev–Trinajstić information content (AvgIpc) is 2.68. The molecule has 1 aliphatic rings. The molecule has 1 aliphatic carbocycles. The van der Waals surface area contributed by atoms with Crippen LogP contribution in [0.5, 0.6) is 0 Å². The topological polar surface area (TPSA) is 55.2 Å². The van der Waals surface area contributed by atoms with Crippen LogP contribution in [0.15, 0.2) is 34.2 Å². The summed E-state index contributed by atoms with van der Waals surface area (Å²) >= 11 is 1.66. The number of nitrogens with zero attached hydrogens (tertiary/aromatic N) is 3. The van der Waals surface area contributed by atoms with Gasteiger partial charge in [-0.15, -0.1) is 0 Å². The Bertz CT molecular complexity index is 841. The summed E-state index contributed by atoms with van der Waals surface area (Å²) in [5.41, 5.74) is 0.873. The first-order valence-electron chi connectivity index (χ1n) is 9.92. The van der Waals surface area contributed by atoms with Gasteiger partial charge in [-0.1, -0.05) is 43.2 Å². The first-order chi connectivity index (χ1) is 13.1. The van der Waals surface area contributed by atoms with Crippen LogP contribution < -0.4 is 5.56 Å². The molecule has 0 bridgehead atoms. The van der Waals surface area contributed by atoms with E-state index < -0.39 is 0 Å². The molecule has 2 aromatic rings. The molecule has 0 aliphatic heterocycles. The summed E-state index contributed by atoms with van der Waals surface area (Å²) in [7, 11) is 3.58.